The molecule has 0 bridgehead atoms. The van der Waals surface area contributed by atoms with Gasteiger partial charge in [0, 0.05) is 13.1 Å². The predicted octanol–water partition coefficient (Wildman–Crippen LogP) is 1.30. The van der Waals surface area contributed by atoms with Crippen LogP contribution >= 0.6 is 0 Å². The summed E-state index contributed by atoms with van der Waals surface area (Å²) in [6, 6.07) is 5.02. The first kappa shape index (κ1) is 16.8. The zero-order valence-corrected chi connectivity index (χ0v) is 14.5. The lowest BCUT2D eigenvalue weighted by molar-refractivity contribution is -0.149. The van der Waals surface area contributed by atoms with Crippen LogP contribution in [0.4, 0.5) is 0 Å². The highest BCUT2D eigenvalue weighted by Crippen LogP contribution is 2.48. The van der Waals surface area contributed by atoms with Gasteiger partial charge in [-0.1, -0.05) is 18.1 Å². The van der Waals surface area contributed by atoms with Crippen LogP contribution in [0.3, 0.4) is 0 Å². The topological polar surface area (TPSA) is 95.0 Å². The van der Waals surface area contributed by atoms with Crippen molar-refractivity contribution in [2.24, 2.45) is 11.3 Å². The van der Waals surface area contributed by atoms with Crippen molar-refractivity contribution in [2.75, 3.05) is 19.6 Å². The molecule has 0 aromatic heterocycles. The first-order chi connectivity index (χ1) is 12.3. The molecule has 0 unspecified atom stereocenters. The number of aryl methyl sites for hydroxylation is 1. The lowest BCUT2D eigenvalue weighted by Crippen LogP contribution is -2.43. The summed E-state index contributed by atoms with van der Waals surface area (Å²) >= 11 is 0. The molecule has 1 aromatic carbocycles. The molecule has 4 rings (SSSR count). The Kier molecular flexibility index (Phi) is 3.64. The van der Waals surface area contributed by atoms with Crippen molar-refractivity contribution >= 4 is 23.7 Å². The summed E-state index contributed by atoms with van der Waals surface area (Å²) in [4.78, 5) is 51.9. The van der Waals surface area contributed by atoms with Crippen LogP contribution in [0.15, 0.2) is 18.2 Å². The van der Waals surface area contributed by atoms with E-state index in [4.69, 9.17) is 0 Å². The Balaban J connectivity index is 1.51. The summed E-state index contributed by atoms with van der Waals surface area (Å²) in [5, 5.41) is 9.63. The van der Waals surface area contributed by atoms with E-state index in [1.54, 1.807) is 18.2 Å². The molecule has 1 aromatic rings. The maximum Gasteiger partial charge on any atom is 0.311 e. The molecule has 2 fully saturated rings. The molecule has 2 aliphatic heterocycles. The summed E-state index contributed by atoms with van der Waals surface area (Å²) in [5.74, 6) is -2.20. The van der Waals surface area contributed by atoms with Gasteiger partial charge in [-0.15, -0.1) is 0 Å². The maximum atomic E-state index is 12.7. The van der Waals surface area contributed by atoms with Gasteiger partial charge in [0.15, 0.2) is 0 Å². The van der Waals surface area contributed by atoms with Crippen molar-refractivity contribution in [1.29, 1.82) is 0 Å². The number of likely N-dealkylation sites (tertiary alicyclic amines) is 1. The summed E-state index contributed by atoms with van der Waals surface area (Å²) in [6.45, 7) is 2.04. The lowest BCUT2D eigenvalue weighted by Gasteiger charge is -2.24. The van der Waals surface area contributed by atoms with Gasteiger partial charge < -0.3 is 10.0 Å². The number of amides is 3. The molecule has 7 nitrogen and oxygen atoms in total. The highest BCUT2D eigenvalue weighted by atomic mass is 16.4. The fraction of sp³-hybridized carbons (Fsp3) is 0.474. The first-order valence-corrected chi connectivity index (χ1v) is 8.81. The SMILES string of the molecule is Cc1ccc2c(c1)C(=O)N(CC(=O)N1C[C@@H]3CCC[C@@]3(C(=O)O)C1)C2=O. The second kappa shape index (κ2) is 5.65. The van der Waals surface area contributed by atoms with Gasteiger partial charge in [0.2, 0.25) is 5.91 Å². The Hall–Kier alpha value is -2.70. The van der Waals surface area contributed by atoms with Gasteiger partial charge in [-0.3, -0.25) is 24.1 Å². The van der Waals surface area contributed by atoms with E-state index >= 15 is 0 Å². The van der Waals surface area contributed by atoms with E-state index < -0.39 is 23.2 Å². The molecule has 3 aliphatic rings. The predicted molar refractivity (Wildman–Crippen MR) is 90.5 cm³/mol. The maximum absolute atomic E-state index is 12.7. The van der Waals surface area contributed by atoms with Gasteiger partial charge in [0.25, 0.3) is 11.8 Å². The van der Waals surface area contributed by atoms with Gasteiger partial charge in [-0.25, -0.2) is 0 Å². The van der Waals surface area contributed by atoms with Gasteiger partial charge >= 0.3 is 5.97 Å². The minimum absolute atomic E-state index is 0.0474. The first-order valence-electron chi connectivity index (χ1n) is 8.81. The summed E-state index contributed by atoms with van der Waals surface area (Å²) in [6.07, 6.45) is 2.22. The number of hydrogen-bond acceptors (Lipinski definition) is 4. The van der Waals surface area contributed by atoms with E-state index in [0.717, 1.165) is 23.3 Å². The number of carbonyl (C=O) groups excluding carboxylic acids is 3. The smallest absolute Gasteiger partial charge is 0.311 e. The number of rotatable bonds is 3. The lowest BCUT2D eigenvalue weighted by atomic mass is 9.81. The minimum Gasteiger partial charge on any atom is -0.481 e. The summed E-state index contributed by atoms with van der Waals surface area (Å²) in [5.41, 5.74) is 0.639. The van der Waals surface area contributed by atoms with Crippen LogP contribution in [-0.4, -0.2) is 58.2 Å². The molecular formula is C19H20N2O5. The van der Waals surface area contributed by atoms with Crippen LogP contribution in [0.5, 0.6) is 0 Å². The second-order valence-corrected chi connectivity index (χ2v) is 7.57. The van der Waals surface area contributed by atoms with Gasteiger partial charge in [0.05, 0.1) is 16.5 Å². The summed E-state index contributed by atoms with van der Waals surface area (Å²) < 4.78 is 0. The molecule has 2 heterocycles. The number of carbonyl (C=O) groups is 4. The number of nitrogens with zero attached hydrogens (tertiary/aromatic N) is 2. The van der Waals surface area contributed by atoms with Crippen molar-refractivity contribution < 1.29 is 24.3 Å². The van der Waals surface area contributed by atoms with Gasteiger partial charge in [0.1, 0.15) is 6.54 Å². The van der Waals surface area contributed by atoms with Crippen molar-refractivity contribution in [1.82, 2.24) is 9.80 Å². The number of carboxylic acids is 1. The molecule has 7 heteroatoms. The number of aliphatic carboxylic acids is 1. The molecule has 1 saturated carbocycles. The Bertz CT molecular complexity index is 848. The number of imide groups is 1. The number of carboxylic acid groups (broad SMARTS) is 1. The molecule has 2 atom stereocenters. The van der Waals surface area contributed by atoms with Crippen LogP contribution in [0.25, 0.3) is 0 Å². The van der Waals surface area contributed by atoms with Crippen LogP contribution in [0, 0.1) is 18.3 Å². The standard InChI is InChI=1S/C19H20N2O5/c1-11-4-5-13-14(7-11)17(24)21(16(13)23)9-15(22)20-8-12-3-2-6-19(12,10-20)18(25)26/h4-5,7,12H,2-3,6,8-10H2,1H3,(H,25,26)/t12-,19+/m0/s1. The third kappa shape index (κ3) is 2.26. The number of hydrogen-bond donors (Lipinski definition) is 1. The normalized spacial score (nSPS) is 27.0. The zero-order valence-electron chi connectivity index (χ0n) is 14.5. The van der Waals surface area contributed by atoms with Crippen LogP contribution in [-0.2, 0) is 9.59 Å². The minimum atomic E-state index is -0.866. The Labute approximate surface area is 150 Å². The monoisotopic (exact) mass is 356 g/mol. The Morgan fingerprint density at radius 1 is 1.23 bits per heavy atom. The second-order valence-electron chi connectivity index (χ2n) is 7.57. The molecular weight excluding hydrogens is 336 g/mol. The molecule has 136 valence electrons. The summed E-state index contributed by atoms with van der Waals surface area (Å²) in [7, 11) is 0. The third-order valence-electron chi connectivity index (χ3n) is 6.07. The van der Waals surface area contributed by atoms with Crippen LogP contribution in [0.1, 0.15) is 45.5 Å². The molecule has 1 saturated heterocycles. The van der Waals surface area contributed by atoms with Crippen LogP contribution in [0.2, 0.25) is 0 Å². The molecule has 1 N–H and O–H groups in total. The van der Waals surface area contributed by atoms with Crippen molar-refractivity contribution in [3.63, 3.8) is 0 Å². The van der Waals surface area contributed by atoms with Crippen molar-refractivity contribution in [2.45, 2.75) is 26.2 Å². The average Bonchev–Trinajstić information content (AvgIpc) is 3.22. The average molecular weight is 356 g/mol. The van der Waals surface area contributed by atoms with E-state index in [1.165, 1.54) is 4.90 Å². The molecule has 3 amide bonds. The number of benzene rings is 1. The molecule has 0 radical (unpaired) electrons. The van der Waals surface area contributed by atoms with E-state index in [0.29, 0.717) is 24.1 Å². The van der Waals surface area contributed by atoms with Crippen molar-refractivity contribution in [3.05, 3.63) is 34.9 Å². The zero-order chi connectivity index (χ0) is 18.6. The Morgan fingerprint density at radius 3 is 2.65 bits per heavy atom. The fourth-order valence-electron chi connectivity index (χ4n) is 4.61. The van der Waals surface area contributed by atoms with Crippen molar-refractivity contribution in [3.8, 4) is 0 Å². The molecule has 1 aliphatic carbocycles. The van der Waals surface area contributed by atoms with Crippen LogP contribution < -0.4 is 0 Å². The molecule has 26 heavy (non-hydrogen) atoms. The quantitative estimate of drug-likeness (QED) is 0.824. The van der Waals surface area contributed by atoms with Gasteiger partial charge in [-0.05, 0) is 37.8 Å². The van der Waals surface area contributed by atoms with E-state index in [9.17, 15) is 24.3 Å². The van der Waals surface area contributed by atoms with E-state index in [2.05, 4.69) is 0 Å². The highest BCUT2D eigenvalue weighted by Gasteiger charge is 2.56. The highest BCUT2D eigenvalue weighted by molar-refractivity contribution is 6.22. The number of fused-ring (bicyclic) bond motifs is 2. The Morgan fingerprint density at radius 2 is 1.96 bits per heavy atom. The largest absolute Gasteiger partial charge is 0.481 e. The fourth-order valence-corrected chi connectivity index (χ4v) is 4.61. The molecule has 0 spiro atoms. The third-order valence-corrected chi connectivity index (χ3v) is 6.07. The van der Waals surface area contributed by atoms with Gasteiger partial charge in [-0.2, -0.15) is 0 Å². The van der Waals surface area contributed by atoms with E-state index in [1.807, 2.05) is 6.92 Å². The van der Waals surface area contributed by atoms with E-state index in [-0.39, 0.29) is 24.9 Å².